The SMILES string of the molecule is CC=CC(=O)N(C)Cc1ccc(C#N)cc1. The highest BCUT2D eigenvalue weighted by Crippen LogP contribution is 2.06. The maximum Gasteiger partial charge on any atom is 0.246 e. The zero-order valence-corrected chi connectivity index (χ0v) is 9.47. The summed E-state index contributed by atoms with van der Waals surface area (Å²) < 4.78 is 0. The first-order valence-electron chi connectivity index (χ1n) is 5.04. The fourth-order valence-electron chi connectivity index (χ4n) is 1.31. The normalized spacial score (nSPS) is 10.1. The smallest absolute Gasteiger partial charge is 0.246 e. The molecule has 16 heavy (non-hydrogen) atoms. The number of likely N-dealkylation sites (N-methyl/N-ethyl adjacent to an activating group) is 1. The molecular weight excluding hydrogens is 200 g/mol. The van der Waals surface area contributed by atoms with Gasteiger partial charge in [-0.15, -0.1) is 0 Å². The Kier molecular flexibility index (Phi) is 4.28. The minimum Gasteiger partial charge on any atom is -0.338 e. The average molecular weight is 214 g/mol. The number of hydrogen-bond donors (Lipinski definition) is 0. The first-order valence-corrected chi connectivity index (χ1v) is 5.04. The standard InChI is InChI=1S/C13H14N2O/c1-3-4-13(16)15(2)10-12-7-5-11(9-14)6-8-12/h3-8H,10H2,1-2H3. The van der Waals surface area contributed by atoms with Crippen LogP contribution in [0.2, 0.25) is 0 Å². The maximum absolute atomic E-state index is 11.5. The molecule has 3 nitrogen and oxygen atoms in total. The van der Waals surface area contributed by atoms with Crippen LogP contribution >= 0.6 is 0 Å². The van der Waals surface area contributed by atoms with Crippen LogP contribution in [0.15, 0.2) is 36.4 Å². The predicted octanol–water partition coefficient (Wildman–Crippen LogP) is 2.09. The molecule has 0 saturated heterocycles. The molecule has 0 aliphatic carbocycles. The summed E-state index contributed by atoms with van der Waals surface area (Å²) in [5, 5.41) is 8.64. The van der Waals surface area contributed by atoms with E-state index in [9.17, 15) is 4.79 Å². The largest absolute Gasteiger partial charge is 0.338 e. The Bertz CT molecular complexity index is 426. The third-order valence-corrected chi connectivity index (χ3v) is 2.19. The summed E-state index contributed by atoms with van der Waals surface area (Å²) in [5.74, 6) is -0.0214. The van der Waals surface area contributed by atoms with Gasteiger partial charge in [0.1, 0.15) is 0 Å². The molecule has 0 aliphatic heterocycles. The Morgan fingerprint density at radius 3 is 2.56 bits per heavy atom. The van der Waals surface area contributed by atoms with E-state index >= 15 is 0 Å². The van der Waals surface area contributed by atoms with Crippen LogP contribution in [-0.2, 0) is 11.3 Å². The van der Waals surface area contributed by atoms with Crippen molar-refractivity contribution in [2.24, 2.45) is 0 Å². The minimum atomic E-state index is -0.0214. The van der Waals surface area contributed by atoms with Crippen LogP contribution in [0.3, 0.4) is 0 Å². The van der Waals surface area contributed by atoms with Crippen molar-refractivity contribution in [1.82, 2.24) is 4.90 Å². The number of hydrogen-bond acceptors (Lipinski definition) is 2. The summed E-state index contributed by atoms with van der Waals surface area (Å²) in [4.78, 5) is 13.1. The lowest BCUT2D eigenvalue weighted by Gasteiger charge is -2.14. The highest BCUT2D eigenvalue weighted by molar-refractivity contribution is 5.87. The van der Waals surface area contributed by atoms with Gasteiger partial charge in [-0.1, -0.05) is 18.2 Å². The van der Waals surface area contributed by atoms with Crippen molar-refractivity contribution in [2.75, 3.05) is 7.05 Å². The first-order chi connectivity index (χ1) is 7.67. The van der Waals surface area contributed by atoms with Crippen LogP contribution in [-0.4, -0.2) is 17.9 Å². The highest BCUT2D eigenvalue weighted by Gasteiger charge is 2.04. The van der Waals surface area contributed by atoms with Gasteiger partial charge in [0.05, 0.1) is 11.6 Å². The molecule has 1 aromatic rings. The number of rotatable bonds is 3. The summed E-state index contributed by atoms with van der Waals surface area (Å²) in [7, 11) is 1.75. The topological polar surface area (TPSA) is 44.1 Å². The van der Waals surface area contributed by atoms with Gasteiger partial charge in [-0.25, -0.2) is 0 Å². The molecular formula is C13H14N2O. The molecule has 0 unspecified atom stereocenters. The van der Waals surface area contributed by atoms with Gasteiger partial charge < -0.3 is 4.90 Å². The van der Waals surface area contributed by atoms with Crippen molar-refractivity contribution >= 4 is 5.91 Å². The number of carbonyl (C=O) groups excluding carboxylic acids is 1. The molecule has 0 radical (unpaired) electrons. The zero-order valence-electron chi connectivity index (χ0n) is 9.47. The van der Waals surface area contributed by atoms with E-state index in [2.05, 4.69) is 6.07 Å². The fraction of sp³-hybridized carbons (Fsp3) is 0.231. The highest BCUT2D eigenvalue weighted by atomic mass is 16.2. The van der Waals surface area contributed by atoms with Crippen molar-refractivity contribution < 1.29 is 4.79 Å². The van der Waals surface area contributed by atoms with Crippen molar-refractivity contribution in [1.29, 1.82) is 5.26 Å². The van der Waals surface area contributed by atoms with Crippen LogP contribution in [0.1, 0.15) is 18.1 Å². The Balaban J connectivity index is 2.66. The van der Waals surface area contributed by atoms with Gasteiger partial charge in [-0.2, -0.15) is 5.26 Å². The lowest BCUT2D eigenvalue weighted by molar-refractivity contribution is -0.125. The average Bonchev–Trinajstić information content (AvgIpc) is 2.30. The lowest BCUT2D eigenvalue weighted by atomic mass is 10.1. The molecule has 3 heteroatoms. The second kappa shape index (κ2) is 5.72. The van der Waals surface area contributed by atoms with Crippen molar-refractivity contribution in [3.05, 3.63) is 47.5 Å². The molecule has 0 bridgehead atoms. The van der Waals surface area contributed by atoms with E-state index in [1.807, 2.05) is 19.1 Å². The zero-order chi connectivity index (χ0) is 12.0. The van der Waals surface area contributed by atoms with Gasteiger partial charge in [0.2, 0.25) is 5.91 Å². The molecule has 0 heterocycles. The molecule has 1 amide bonds. The molecule has 0 atom stereocenters. The Morgan fingerprint density at radius 2 is 2.06 bits per heavy atom. The molecule has 1 rings (SSSR count). The van der Waals surface area contributed by atoms with Crippen LogP contribution < -0.4 is 0 Å². The first kappa shape index (κ1) is 12.0. The third-order valence-electron chi connectivity index (χ3n) is 2.19. The number of nitrogens with zero attached hydrogens (tertiary/aromatic N) is 2. The van der Waals surface area contributed by atoms with Gasteiger partial charge in [0.25, 0.3) is 0 Å². The number of benzene rings is 1. The maximum atomic E-state index is 11.5. The van der Waals surface area contributed by atoms with Gasteiger partial charge in [-0.05, 0) is 30.7 Å². The van der Waals surface area contributed by atoms with E-state index in [1.54, 1.807) is 30.2 Å². The van der Waals surface area contributed by atoms with E-state index in [0.717, 1.165) is 5.56 Å². The molecule has 0 spiro atoms. The van der Waals surface area contributed by atoms with Crippen LogP contribution in [0, 0.1) is 11.3 Å². The second-order valence-electron chi connectivity index (χ2n) is 3.50. The number of nitriles is 1. The Labute approximate surface area is 95.6 Å². The number of carbonyl (C=O) groups is 1. The number of amides is 1. The van der Waals surface area contributed by atoms with Gasteiger partial charge >= 0.3 is 0 Å². The summed E-state index contributed by atoms with van der Waals surface area (Å²) in [6.45, 7) is 2.36. The van der Waals surface area contributed by atoms with E-state index in [1.165, 1.54) is 6.08 Å². The van der Waals surface area contributed by atoms with Crippen LogP contribution in [0.5, 0.6) is 0 Å². The van der Waals surface area contributed by atoms with Crippen molar-refractivity contribution in [3.8, 4) is 6.07 Å². The summed E-state index contributed by atoms with van der Waals surface area (Å²) >= 11 is 0. The van der Waals surface area contributed by atoms with Crippen LogP contribution in [0.25, 0.3) is 0 Å². The van der Waals surface area contributed by atoms with Crippen LogP contribution in [0.4, 0.5) is 0 Å². The van der Waals surface area contributed by atoms with Crippen molar-refractivity contribution in [3.63, 3.8) is 0 Å². The molecule has 0 N–H and O–H groups in total. The monoisotopic (exact) mass is 214 g/mol. The molecule has 1 aromatic carbocycles. The molecule has 82 valence electrons. The number of allylic oxidation sites excluding steroid dienone is 1. The second-order valence-corrected chi connectivity index (χ2v) is 3.50. The van der Waals surface area contributed by atoms with E-state index in [-0.39, 0.29) is 5.91 Å². The van der Waals surface area contributed by atoms with E-state index in [4.69, 9.17) is 5.26 Å². The molecule has 0 saturated carbocycles. The molecule has 0 aromatic heterocycles. The Morgan fingerprint density at radius 1 is 1.44 bits per heavy atom. The van der Waals surface area contributed by atoms with E-state index < -0.39 is 0 Å². The molecule has 0 aliphatic rings. The summed E-state index contributed by atoms with van der Waals surface area (Å²) in [6, 6.07) is 9.28. The summed E-state index contributed by atoms with van der Waals surface area (Å²) in [6.07, 6.45) is 3.25. The molecule has 0 fully saturated rings. The summed E-state index contributed by atoms with van der Waals surface area (Å²) in [5.41, 5.74) is 1.64. The minimum absolute atomic E-state index is 0.0214. The van der Waals surface area contributed by atoms with Gasteiger partial charge in [0, 0.05) is 13.6 Å². The third kappa shape index (κ3) is 3.25. The van der Waals surface area contributed by atoms with Gasteiger partial charge in [0.15, 0.2) is 0 Å². The van der Waals surface area contributed by atoms with Crippen molar-refractivity contribution in [2.45, 2.75) is 13.5 Å². The van der Waals surface area contributed by atoms with Gasteiger partial charge in [-0.3, -0.25) is 4.79 Å². The quantitative estimate of drug-likeness (QED) is 0.723. The van der Waals surface area contributed by atoms with E-state index in [0.29, 0.717) is 12.1 Å². The predicted molar refractivity (Wildman–Crippen MR) is 62.4 cm³/mol. The Hall–Kier alpha value is -2.08. The lowest BCUT2D eigenvalue weighted by Crippen LogP contribution is -2.24. The fourth-order valence-corrected chi connectivity index (χ4v) is 1.31.